The number of thioether (sulfide) groups is 1. The van der Waals surface area contributed by atoms with Crippen molar-refractivity contribution in [2.24, 2.45) is 17.4 Å². The summed E-state index contributed by atoms with van der Waals surface area (Å²) in [4.78, 5) is 62.3. The molecule has 0 radical (unpaired) electrons. The largest absolute Gasteiger partial charge is 0.480 e. The minimum atomic E-state index is -1.35. The quantitative estimate of drug-likeness (QED) is 0.237. The first-order chi connectivity index (χ1) is 14.5. The van der Waals surface area contributed by atoms with Gasteiger partial charge in [0.15, 0.2) is 0 Å². The predicted molar refractivity (Wildman–Crippen MR) is 116 cm³/mol. The van der Waals surface area contributed by atoms with Gasteiger partial charge in [-0.05, 0) is 37.2 Å². The summed E-state index contributed by atoms with van der Waals surface area (Å²) in [7, 11) is 0. The molecule has 1 aliphatic rings. The van der Waals surface area contributed by atoms with Gasteiger partial charge in [0.25, 0.3) is 0 Å². The zero-order valence-electron chi connectivity index (χ0n) is 18.1. The summed E-state index contributed by atoms with van der Waals surface area (Å²) in [6.45, 7) is 3.59. The number of carbonyl (C=O) groups is 5. The Morgan fingerprint density at radius 2 is 1.84 bits per heavy atom. The van der Waals surface area contributed by atoms with E-state index in [4.69, 9.17) is 11.5 Å². The van der Waals surface area contributed by atoms with Crippen molar-refractivity contribution in [3.8, 4) is 0 Å². The number of nitrogens with zero attached hydrogens (tertiary/aromatic N) is 1. The number of nitrogens with two attached hydrogens (primary N) is 2. The van der Waals surface area contributed by atoms with Crippen molar-refractivity contribution in [2.45, 2.75) is 63.7 Å². The zero-order valence-corrected chi connectivity index (χ0v) is 18.9. The number of aliphatic carboxylic acids is 1. The summed E-state index contributed by atoms with van der Waals surface area (Å²) in [6, 6.07) is -4.10. The van der Waals surface area contributed by atoms with Crippen LogP contribution in [0.3, 0.4) is 0 Å². The molecule has 0 saturated carbocycles. The van der Waals surface area contributed by atoms with Crippen molar-refractivity contribution in [1.82, 2.24) is 15.5 Å². The second-order valence-corrected chi connectivity index (χ2v) is 8.86. The van der Waals surface area contributed by atoms with Gasteiger partial charge in [-0.25, -0.2) is 4.79 Å². The molecule has 7 N–H and O–H groups in total. The summed E-state index contributed by atoms with van der Waals surface area (Å²) in [5, 5.41) is 14.1. The van der Waals surface area contributed by atoms with Crippen molar-refractivity contribution in [3.05, 3.63) is 0 Å². The van der Waals surface area contributed by atoms with Gasteiger partial charge in [0.1, 0.15) is 18.1 Å². The molecule has 0 aliphatic carbocycles. The van der Waals surface area contributed by atoms with Crippen LogP contribution >= 0.6 is 11.8 Å². The number of likely N-dealkylation sites (tertiary alicyclic amines) is 1. The Morgan fingerprint density at radius 3 is 2.35 bits per heavy atom. The highest BCUT2D eigenvalue weighted by atomic mass is 32.2. The molecule has 1 rings (SSSR count). The molecule has 1 saturated heterocycles. The summed E-state index contributed by atoms with van der Waals surface area (Å²) in [5.41, 5.74) is 11.2. The number of nitrogens with one attached hydrogen (secondary N) is 2. The maximum Gasteiger partial charge on any atom is 0.326 e. The molecular weight excluding hydrogens is 426 g/mol. The van der Waals surface area contributed by atoms with Gasteiger partial charge in [0.2, 0.25) is 23.6 Å². The van der Waals surface area contributed by atoms with Crippen LogP contribution in [-0.4, -0.2) is 82.3 Å². The van der Waals surface area contributed by atoms with Crippen LogP contribution < -0.4 is 22.1 Å². The molecule has 0 aromatic rings. The fourth-order valence-electron chi connectivity index (χ4n) is 3.33. The number of hydrogen-bond acceptors (Lipinski definition) is 7. The van der Waals surface area contributed by atoms with Gasteiger partial charge in [0.05, 0.1) is 12.5 Å². The number of rotatable bonds is 12. The average Bonchev–Trinajstić information content (AvgIpc) is 3.17. The third kappa shape index (κ3) is 8.02. The summed E-state index contributed by atoms with van der Waals surface area (Å²) >= 11 is 1.56. The zero-order chi connectivity index (χ0) is 23.7. The molecule has 4 unspecified atom stereocenters. The van der Waals surface area contributed by atoms with Crippen LogP contribution in [0.1, 0.15) is 39.5 Å². The monoisotopic (exact) mass is 459 g/mol. The summed E-state index contributed by atoms with van der Waals surface area (Å²) in [5.74, 6) is -3.57. The maximum absolute atomic E-state index is 12.8. The molecule has 0 bridgehead atoms. The Balaban J connectivity index is 2.90. The minimum absolute atomic E-state index is 0.339. The van der Waals surface area contributed by atoms with Crippen LogP contribution in [0.5, 0.6) is 0 Å². The van der Waals surface area contributed by atoms with Gasteiger partial charge in [0, 0.05) is 6.54 Å². The Labute approximate surface area is 186 Å². The van der Waals surface area contributed by atoms with Crippen LogP contribution in [0.25, 0.3) is 0 Å². The van der Waals surface area contributed by atoms with Crippen molar-refractivity contribution in [3.63, 3.8) is 0 Å². The first kappa shape index (κ1) is 26.7. The third-order valence-corrected chi connectivity index (χ3v) is 5.70. The van der Waals surface area contributed by atoms with Gasteiger partial charge in [-0.3, -0.25) is 19.2 Å². The van der Waals surface area contributed by atoms with Crippen LogP contribution in [0.2, 0.25) is 0 Å². The number of carboxylic acid groups (broad SMARTS) is 1. The van der Waals surface area contributed by atoms with E-state index in [0.717, 1.165) is 0 Å². The van der Waals surface area contributed by atoms with Gasteiger partial charge in [-0.2, -0.15) is 11.8 Å². The molecule has 4 atom stereocenters. The smallest absolute Gasteiger partial charge is 0.326 e. The van der Waals surface area contributed by atoms with E-state index < -0.39 is 60.2 Å². The number of primary amides is 1. The van der Waals surface area contributed by atoms with E-state index >= 15 is 0 Å². The minimum Gasteiger partial charge on any atom is -0.480 e. The highest BCUT2D eigenvalue weighted by Gasteiger charge is 2.38. The lowest BCUT2D eigenvalue weighted by Gasteiger charge is -2.28. The highest BCUT2D eigenvalue weighted by molar-refractivity contribution is 7.98. The van der Waals surface area contributed by atoms with Crippen molar-refractivity contribution < 1.29 is 29.1 Å². The fraction of sp³-hybridized carbons (Fsp3) is 0.737. The number of hydrogen-bond donors (Lipinski definition) is 5. The van der Waals surface area contributed by atoms with Gasteiger partial charge < -0.3 is 32.1 Å². The first-order valence-corrected chi connectivity index (χ1v) is 11.6. The van der Waals surface area contributed by atoms with Gasteiger partial charge in [-0.15, -0.1) is 0 Å². The van der Waals surface area contributed by atoms with E-state index in [0.29, 0.717) is 31.6 Å². The summed E-state index contributed by atoms with van der Waals surface area (Å²) in [6.07, 6.45) is 2.86. The molecule has 31 heavy (non-hydrogen) atoms. The van der Waals surface area contributed by atoms with Crippen LogP contribution in [-0.2, 0) is 24.0 Å². The Morgan fingerprint density at radius 1 is 1.19 bits per heavy atom. The molecule has 0 aromatic carbocycles. The molecule has 0 spiro atoms. The molecule has 0 aromatic heterocycles. The Hall–Kier alpha value is -2.34. The van der Waals surface area contributed by atoms with Crippen molar-refractivity contribution >= 4 is 41.4 Å². The number of carboxylic acids is 1. The lowest BCUT2D eigenvalue weighted by Crippen LogP contribution is -2.57. The van der Waals surface area contributed by atoms with E-state index in [-0.39, 0.29) is 5.91 Å². The van der Waals surface area contributed by atoms with E-state index in [2.05, 4.69) is 10.6 Å². The van der Waals surface area contributed by atoms with Crippen LogP contribution in [0.4, 0.5) is 0 Å². The fourth-order valence-corrected chi connectivity index (χ4v) is 3.82. The topological polar surface area (TPSA) is 185 Å². The maximum atomic E-state index is 12.8. The molecular formula is C19H33N5O6S. The number of carbonyl (C=O) groups excluding carboxylic acids is 4. The standard InChI is InChI=1S/C19H33N5O6S/c1-10(2)15(19(29)30)23-16(26)12(9-14(21)25)22-17(27)13-5-4-7-24(13)18(28)11(20)6-8-31-3/h10-13,15H,4-9,20H2,1-3H3,(H2,21,25)(H,22,27)(H,23,26)(H,29,30). The molecule has 1 heterocycles. The van der Waals surface area contributed by atoms with E-state index in [1.807, 2.05) is 6.26 Å². The van der Waals surface area contributed by atoms with Crippen LogP contribution in [0, 0.1) is 5.92 Å². The summed E-state index contributed by atoms with van der Waals surface area (Å²) < 4.78 is 0. The van der Waals surface area contributed by atoms with E-state index in [1.54, 1.807) is 25.6 Å². The Kier molecular flexibility index (Phi) is 10.8. The molecule has 176 valence electrons. The second kappa shape index (κ2) is 12.5. The molecule has 1 fully saturated rings. The Bertz CT molecular complexity index is 689. The van der Waals surface area contributed by atoms with E-state index in [1.165, 1.54) is 4.90 Å². The molecule has 1 aliphatic heterocycles. The van der Waals surface area contributed by atoms with Crippen molar-refractivity contribution in [2.75, 3.05) is 18.6 Å². The van der Waals surface area contributed by atoms with Crippen molar-refractivity contribution in [1.29, 1.82) is 0 Å². The third-order valence-electron chi connectivity index (χ3n) is 5.06. The normalized spacial score (nSPS) is 18.9. The molecule has 11 nitrogen and oxygen atoms in total. The SMILES string of the molecule is CSCCC(N)C(=O)N1CCCC1C(=O)NC(CC(N)=O)C(=O)NC(C(=O)O)C(C)C. The average molecular weight is 460 g/mol. The van der Waals surface area contributed by atoms with E-state index in [9.17, 15) is 29.1 Å². The highest BCUT2D eigenvalue weighted by Crippen LogP contribution is 2.19. The van der Waals surface area contributed by atoms with Gasteiger partial charge in [-0.1, -0.05) is 13.8 Å². The number of amides is 4. The predicted octanol–water partition coefficient (Wildman–Crippen LogP) is -1.36. The van der Waals surface area contributed by atoms with Gasteiger partial charge >= 0.3 is 5.97 Å². The first-order valence-electron chi connectivity index (χ1n) is 10.2. The second-order valence-electron chi connectivity index (χ2n) is 7.88. The lowest BCUT2D eigenvalue weighted by atomic mass is 10.0. The molecule has 4 amide bonds. The lowest BCUT2D eigenvalue weighted by molar-refractivity contribution is -0.144. The van der Waals surface area contributed by atoms with Crippen LogP contribution in [0.15, 0.2) is 0 Å². The molecule has 12 heteroatoms.